The van der Waals surface area contributed by atoms with Crippen LogP contribution in [0.25, 0.3) is 0 Å². The number of aromatic nitrogens is 1. The predicted molar refractivity (Wildman–Crippen MR) is 50.8 cm³/mol. The topological polar surface area (TPSA) is 56.3 Å². The van der Waals surface area contributed by atoms with Gasteiger partial charge in [-0.25, -0.2) is 9.78 Å². The first kappa shape index (κ1) is 10.9. The molecule has 0 spiro atoms. The molecule has 1 rings (SSSR count). The zero-order valence-electron chi connectivity index (χ0n) is 7.08. The van der Waals surface area contributed by atoms with Crippen LogP contribution in [-0.2, 0) is 4.74 Å². The van der Waals surface area contributed by atoms with Gasteiger partial charge >= 0.3 is 5.97 Å². The van der Waals surface area contributed by atoms with Crippen LogP contribution in [0.2, 0.25) is 5.02 Å². The van der Waals surface area contributed by atoms with Gasteiger partial charge in [0, 0.05) is 6.20 Å². The van der Waals surface area contributed by atoms with Gasteiger partial charge in [0.25, 0.3) is 5.24 Å². The van der Waals surface area contributed by atoms with Crippen molar-refractivity contribution >= 4 is 34.4 Å². The number of halogens is 2. The van der Waals surface area contributed by atoms with E-state index in [-0.39, 0.29) is 16.3 Å². The third kappa shape index (κ3) is 2.21. The number of rotatable bonds is 2. The fourth-order valence-electron chi connectivity index (χ4n) is 0.792. The first-order chi connectivity index (χ1) is 6.56. The summed E-state index contributed by atoms with van der Waals surface area (Å²) in [4.78, 5) is 25.4. The molecule has 0 unspecified atom stereocenters. The third-order valence-electron chi connectivity index (χ3n) is 1.45. The summed E-state index contributed by atoms with van der Waals surface area (Å²) in [5.41, 5.74) is 0.0835. The monoisotopic (exact) mass is 233 g/mol. The van der Waals surface area contributed by atoms with Gasteiger partial charge in [-0.15, -0.1) is 0 Å². The Morgan fingerprint density at radius 1 is 1.50 bits per heavy atom. The molecule has 1 heterocycles. The second-order valence-corrected chi connectivity index (χ2v) is 3.07. The molecule has 1 aromatic heterocycles. The first-order valence-corrected chi connectivity index (χ1v) is 4.25. The number of hydrogen-bond donors (Lipinski definition) is 0. The second kappa shape index (κ2) is 4.39. The Morgan fingerprint density at radius 3 is 2.57 bits per heavy atom. The molecule has 0 aliphatic carbocycles. The smallest absolute Gasteiger partial charge is 0.358 e. The van der Waals surface area contributed by atoms with E-state index >= 15 is 0 Å². The first-order valence-electron chi connectivity index (χ1n) is 3.50. The van der Waals surface area contributed by atoms with Crippen molar-refractivity contribution in [3.05, 3.63) is 28.5 Å². The standard InChI is InChI=1S/C8H5Cl2NO3/c1-14-8(13)6-5(9)2-4(3-11-6)7(10)12/h2-3H,1H3. The molecule has 0 saturated carbocycles. The van der Waals surface area contributed by atoms with Crippen LogP contribution in [0.3, 0.4) is 0 Å². The molecular weight excluding hydrogens is 229 g/mol. The average Bonchev–Trinajstić information content (AvgIpc) is 2.16. The fourth-order valence-corrected chi connectivity index (χ4v) is 1.14. The molecule has 6 heteroatoms. The van der Waals surface area contributed by atoms with E-state index in [1.165, 1.54) is 13.2 Å². The van der Waals surface area contributed by atoms with Crippen LogP contribution >= 0.6 is 23.2 Å². The number of esters is 1. The van der Waals surface area contributed by atoms with E-state index in [1.807, 2.05) is 0 Å². The van der Waals surface area contributed by atoms with Crippen LogP contribution in [0.15, 0.2) is 12.3 Å². The van der Waals surface area contributed by atoms with Gasteiger partial charge in [0.05, 0.1) is 17.7 Å². The second-order valence-electron chi connectivity index (χ2n) is 2.32. The van der Waals surface area contributed by atoms with E-state index in [2.05, 4.69) is 9.72 Å². The van der Waals surface area contributed by atoms with Crippen LogP contribution in [0.5, 0.6) is 0 Å². The SMILES string of the molecule is COC(=O)c1ncc(C(=O)Cl)cc1Cl. The summed E-state index contributed by atoms with van der Waals surface area (Å²) in [5, 5.41) is -0.654. The highest BCUT2D eigenvalue weighted by molar-refractivity contribution is 6.67. The van der Waals surface area contributed by atoms with Crippen LogP contribution in [0, 0.1) is 0 Å². The summed E-state index contributed by atoms with van der Waals surface area (Å²) in [6.45, 7) is 0. The van der Waals surface area contributed by atoms with E-state index in [9.17, 15) is 9.59 Å². The normalized spacial score (nSPS) is 9.64. The molecule has 0 bridgehead atoms. The molecule has 0 aliphatic rings. The Balaban J connectivity index is 3.14. The molecule has 0 saturated heterocycles. The molecule has 4 nitrogen and oxygen atoms in total. The number of nitrogens with zero attached hydrogens (tertiary/aromatic N) is 1. The number of pyridine rings is 1. The van der Waals surface area contributed by atoms with Crippen molar-refractivity contribution in [3.8, 4) is 0 Å². The van der Waals surface area contributed by atoms with Crippen molar-refractivity contribution < 1.29 is 14.3 Å². The third-order valence-corrected chi connectivity index (χ3v) is 1.95. The number of carbonyl (C=O) groups excluding carboxylic acids is 2. The molecule has 0 radical (unpaired) electrons. The van der Waals surface area contributed by atoms with Crippen LogP contribution in [-0.4, -0.2) is 23.3 Å². The van der Waals surface area contributed by atoms with Gasteiger partial charge in [0.15, 0.2) is 5.69 Å². The maximum atomic E-state index is 11.0. The average molecular weight is 234 g/mol. The van der Waals surface area contributed by atoms with Gasteiger partial charge < -0.3 is 4.74 Å². The van der Waals surface area contributed by atoms with Crippen molar-refractivity contribution in [2.24, 2.45) is 0 Å². The molecular formula is C8H5Cl2NO3. The van der Waals surface area contributed by atoms with E-state index in [4.69, 9.17) is 23.2 Å². The van der Waals surface area contributed by atoms with Crippen molar-refractivity contribution in [3.63, 3.8) is 0 Å². The van der Waals surface area contributed by atoms with Crippen LogP contribution in [0.4, 0.5) is 0 Å². The summed E-state index contributed by atoms with van der Waals surface area (Å²) in [7, 11) is 1.21. The zero-order valence-corrected chi connectivity index (χ0v) is 8.59. The largest absolute Gasteiger partial charge is 0.464 e. The van der Waals surface area contributed by atoms with E-state index in [0.29, 0.717) is 0 Å². The number of methoxy groups -OCH3 is 1. The maximum absolute atomic E-state index is 11.0. The quantitative estimate of drug-likeness (QED) is 0.579. The van der Waals surface area contributed by atoms with Gasteiger partial charge in [0.2, 0.25) is 0 Å². The minimum absolute atomic E-state index is 0.0309. The Kier molecular flexibility index (Phi) is 3.43. The Hall–Kier alpha value is -1.13. The molecule has 0 atom stereocenters. The number of hydrogen-bond acceptors (Lipinski definition) is 4. The molecule has 74 valence electrons. The highest BCUT2D eigenvalue weighted by Gasteiger charge is 2.14. The lowest BCUT2D eigenvalue weighted by atomic mass is 10.2. The Morgan fingerprint density at radius 2 is 2.14 bits per heavy atom. The summed E-state index contributed by atoms with van der Waals surface area (Å²) >= 11 is 10.9. The van der Waals surface area contributed by atoms with Gasteiger partial charge in [-0.3, -0.25) is 4.79 Å². The number of ether oxygens (including phenoxy) is 1. The van der Waals surface area contributed by atoms with E-state index in [0.717, 1.165) is 6.20 Å². The molecule has 1 aromatic rings. The van der Waals surface area contributed by atoms with Gasteiger partial charge in [-0.05, 0) is 17.7 Å². The number of carbonyl (C=O) groups is 2. The van der Waals surface area contributed by atoms with Crippen molar-refractivity contribution in [2.75, 3.05) is 7.11 Å². The van der Waals surface area contributed by atoms with Gasteiger partial charge in [-0.1, -0.05) is 11.6 Å². The molecule has 0 N–H and O–H groups in total. The molecule has 0 aromatic carbocycles. The maximum Gasteiger partial charge on any atom is 0.358 e. The summed E-state index contributed by atoms with van der Waals surface area (Å²) < 4.78 is 4.41. The van der Waals surface area contributed by atoms with E-state index in [1.54, 1.807) is 0 Å². The Labute approximate surface area is 89.8 Å². The molecule has 0 amide bonds. The lowest BCUT2D eigenvalue weighted by Crippen LogP contribution is -2.06. The zero-order chi connectivity index (χ0) is 10.7. The lowest BCUT2D eigenvalue weighted by Gasteiger charge is -2.01. The summed E-state index contributed by atoms with van der Waals surface area (Å²) in [6, 6.07) is 1.26. The van der Waals surface area contributed by atoms with Crippen molar-refractivity contribution in [2.45, 2.75) is 0 Å². The molecule has 0 aliphatic heterocycles. The van der Waals surface area contributed by atoms with Gasteiger partial charge in [0.1, 0.15) is 0 Å². The van der Waals surface area contributed by atoms with Crippen LogP contribution < -0.4 is 0 Å². The molecule has 14 heavy (non-hydrogen) atoms. The minimum atomic E-state index is -0.684. The van der Waals surface area contributed by atoms with E-state index < -0.39 is 11.2 Å². The van der Waals surface area contributed by atoms with Crippen molar-refractivity contribution in [1.29, 1.82) is 0 Å². The molecule has 0 fully saturated rings. The summed E-state index contributed by atoms with van der Waals surface area (Å²) in [6.07, 6.45) is 1.16. The van der Waals surface area contributed by atoms with Crippen molar-refractivity contribution in [1.82, 2.24) is 4.98 Å². The predicted octanol–water partition coefficient (Wildman–Crippen LogP) is 1.90. The van der Waals surface area contributed by atoms with Crippen LogP contribution in [0.1, 0.15) is 20.8 Å². The van der Waals surface area contributed by atoms with Gasteiger partial charge in [-0.2, -0.15) is 0 Å². The highest BCUT2D eigenvalue weighted by atomic mass is 35.5. The summed E-state index contributed by atoms with van der Waals surface area (Å²) in [5.74, 6) is -0.663. The fraction of sp³-hybridized carbons (Fsp3) is 0.125. The lowest BCUT2D eigenvalue weighted by molar-refractivity contribution is 0.0594. The Bertz CT molecular complexity index is 392. The highest BCUT2D eigenvalue weighted by Crippen LogP contribution is 2.17. The minimum Gasteiger partial charge on any atom is -0.464 e.